The molecule has 2 saturated heterocycles. The third-order valence-electron chi connectivity index (χ3n) is 7.66. The smallest absolute Gasteiger partial charge is 0.289 e. The van der Waals surface area contributed by atoms with Crippen LogP contribution in [0.2, 0.25) is 0 Å². The van der Waals surface area contributed by atoms with Crippen LogP contribution in [0.5, 0.6) is 0 Å². The summed E-state index contributed by atoms with van der Waals surface area (Å²) >= 11 is 0. The van der Waals surface area contributed by atoms with Gasteiger partial charge in [0.25, 0.3) is 5.91 Å². The standard InChI is InChI=1S/C29H34FN3O3/c1-20-11-13-23(14-12-20)32-16-15-31(18-21(32)2)28(34)19-33-25-9-5-6-10-26(25)36-27(29(33)35)17-22-7-3-4-8-24(22)30/h3-4,7-8,11-14,17,21,25-26H,5-6,9-10,15-16,18-19H2,1-2H3/b27-17+. The molecule has 2 heterocycles. The first-order valence-corrected chi connectivity index (χ1v) is 13.0. The van der Waals surface area contributed by atoms with Gasteiger partial charge in [0.05, 0.1) is 6.04 Å². The fourth-order valence-corrected chi connectivity index (χ4v) is 5.64. The minimum atomic E-state index is -0.407. The lowest BCUT2D eigenvalue weighted by molar-refractivity contribution is -0.154. The van der Waals surface area contributed by atoms with E-state index in [4.69, 9.17) is 4.74 Å². The van der Waals surface area contributed by atoms with Crippen molar-refractivity contribution in [3.8, 4) is 0 Å². The first-order valence-electron chi connectivity index (χ1n) is 13.0. The van der Waals surface area contributed by atoms with Gasteiger partial charge in [-0.1, -0.05) is 42.3 Å². The Bertz CT molecular complexity index is 1150. The van der Waals surface area contributed by atoms with E-state index in [0.717, 1.165) is 37.9 Å². The van der Waals surface area contributed by atoms with Gasteiger partial charge in [-0.2, -0.15) is 0 Å². The summed E-state index contributed by atoms with van der Waals surface area (Å²) < 4.78 is 20.4. The summed E-state index contributed by atoms with van der Waals surface area (Å²) in [5.41, 5.74) is 2.69. The highest BCUT2D eigenvalue weighted by atomic mass is 19.1. The molecule has 190 valence electrons. The monoisotopic (exact) mass is 491 g/mol. The van der Waals surface area contributed by atoms with E-state index in [1.807, 2.05) is 4.90 Å². The second-order valence-electron chi connectivity index (χ2n) is 10.2. The van der Waals surface area contributed by atoms with E-state index >= 15 is 0 Å². The average Bonchev–Trinajstić information content (AvgIpc) is 2.88. The Kier molecular flexibility index (Phi) is 6.99. The highest BCUT2D eigenvalue weighted by molar-refractivity contribution is 5.98. The Hall–Kier alpha value is -3.35. The first kappa shape index (κ1) is 24.3. The summed E-state index contributed by atoms with van der Waals surface area (Å²) in [6, 6.07) is 14.8. The van der Waals surface area contributed by atoms with Crippen LogP contribution in [0.4, 0.5) is 10.1 Å². The molecule has 2 aliphatic heterocycles. The number of amides is 2. The van der Waals surface area contributed by atoms with Crippen molar-refractivity contribution in [2.24, 2.45) is 0 Å². The minimum Gasteiger partial charge on any atom is -0.482 e. The molecule has 0 spiro atoms. The summed E-state index contributed by atoms with van der Waals surface area (Å²) in [7, 11) is 0. The van der Waals surface area contributed by atoms with E-state index in [-0.39, 0.29) is 42.3 Å². The normalized spacial score (nSPS) is 25.5. The van der Waals surface area contributed by atoms with Crippen molar-refractivity contribution in [1.82, 2.24) is 9.80 Å². The van der Waals surface area contributed by atoms with Crippen molar-refractivity contribution >= 4 is 23.6 Å². The molecule has 0 bridgehead atoms. The molecule has 0 N–H and O–H groups in total. The van der Waals surface area contributed by atoms with Crippen LogP contribution in [0, 0.1) is 12.7 Å². The number of benzene rings is 2. The zero-order chi connectivity index (χ0) is 25.2. The van der Waals surface area contributed by atoms with Crippen LogP contribution < -0.4 is 4.90 Å². The van der Waals surface area contributed by atoms with Crippen molar-refractivity contribution in [2.75, 3.05) is 31.1 Å². The van der Waals surface area contributed by atoms with E-state index in [9.17, 15) is 14.0 Å². The molecule has 2 amide bonds. The molecular formula is C29H34FN3O3. The molecule has 3 fully saturated rings. The zero-order valence-electron chi connectivity index (χ0n) is 21.0. The number of hydrogen-bond acceptors (Lipinski definition) is 4. The predicted molar refractivity (Wildman–Crippen MR) is 138 cm³/mol. The number of aryl methyl sites for hydroxylation is 1. The number of carbonyl (C=O) groups is 2. The van der Waals surface area contributed by atoms with E-state index in [2.05, 4.69) is 43.0 Å². The quantitative estimate of drug-likeness (QED) is 0.596. The number of anilines is 1. The van der Waals surface area contributed by atoms with Gasteiger partial charge in [0.15, 0.2) is 5.76 Å². The van der Waals surface area contributed by atoms with Gasteiger partial charge in [-0.3, -0.25) is 9.59 Å². The summed E-state index contributed by atoms with van der Waals surface area (Å²) in [5, 5.41) is 0. The molecule has 6 nitrogen and oxygen atoms in total. The molecule has 3 unspecified atom stereocenters. The lowest BCUT2D eigenvalue weighted by atomic mass is 9.89. The zero-order valence-corrected chi connectivity index (χ0v) is 21.0. The SMILES string of the molecule is Cc1ccc(N2CCN(C(=O)CN3C(=O)/C(=C\c4ccccc4F)OC4CCCCC43)CC2C)cc1. The predicted octanol–water partition coefficient (Wildman–Crippen LogP) is 4.38. The maximum atomic E-state index is 14.3. The molecular weight excluding hydrogens is 457 g/mol. The van der Waals surface area contributed by atoms with Crippen molar-refractivity contribution in [2.45, 2.75) is 57.7 Å². The fourth-order valence-electron chi connectivity index (χ4n) is 5.64. The molecule has 1 saturated carbocycles. The maximum absolute atomic E-state index is 14.3. The third kappa shape index (κ3) is 4.97. The number of piperazine rings is 1. The summed E-state index contributed by atoms with van der Waals surface area (Å²) in [5.74, 6) is -0.667. The van der Waals surface area contributed by atoms with Gasteiger partial charge in [-0.15, -0.1) is 0 Å². The van der Waals surface area contributed by atoms with Gasteiger partial charge in [-0.25, -0.2) is 4.39 Å². The van der Waals surface area contributed by atoms with Crippen molar-refractivity contribution < 1.29 is 18.7 Å². The van der Waals surface area contributed by atoms with E-state index in [0.29, 0.717) is 18.7 Å². The summed E-state index contributed by atoms with van der Waals surface area (Å²) in [6.07, 6.45) is 4.96. The van der Waals surface area contributed by atoms with Crippen molar-refractivity contribution in [1.29, 1.82) is 0 Å². The van der Waals surface area contributed by atoms with E-state index in [1.165, 1.54) is 17.7 Å². The second kappa shape index (κ2) is 10.3. The van der Waals surface area contributed by atoms with Gasteiger partial charge >= 0.3 is 0 Å². The largest absolute Gasteiger partial charge is 0.482 e. The van der Waals surface area contributed by atoms with Crippen molar-refractivity contribution in [3.05, 3.63) is 71.2 Å². The number of halogens is 1. The summed E-state index contributed by atoms with van der Waals surface area (Å²) in [6.45, 7) is 6.20. The second-order valence-corrected chi connectivity index (χ2v) is 10.2. The molecule has 1 aliphatic carbocycles. The number of morpholine rings is 1. The van der Waals surface area contributed by atoms with Crippen LogP contribution in [0.3, 0.4) is 0 Å². The van der Waals surface area contributed by atoms with Gasteiger partial charge in [0, 0.05) is 36.9 Å². The summed E-state index contributed by atoms with van der Waals surface area (Å²) in [4.78, 5) is 32.8. The maximum Gasteiger partial charge on any atom is 0.289 e. The molecule has 36 heavy (non-hydrogen) atoms. The number of ether oxygens (including phenoxy) is 1. The molecule has 0 radical (unpaired) electrons. The Labute approximate surface area is 212 Å². The minimum absolute atomic E-state index is 0.0230. The first-order chi connectivity index (χ1) is 17.4. The van der Waals surface area contributed by atoms with Crippen LogP contribution in [-0.2, 0) is 14.3 Å². The molecule has 0 aromatic heterocycles. The van der Waals surface area contributed by atoms with Gasteiger partial charge in [0.1, 0.15) is 18.5 Å². The van der Waals surface area contributed by atoms with E-state index < -0.39 is 5.82 Å². The van der Waals surface area contributed by atoms with Gasteiger partial charge in [-0.05, 0) is 57.4 Å². The Balaban J connectivity index is 1.31. The van der Waals surface area contributed by atoms with Gasteiger partial charge in [0.2, 0.25) is 5.91 Å². The Morgan fingerprint density at radius 1 is 1.08 bits per heavy atom. The van der Waals surface area contributed by atoms with Crippen LogP contribution in [0.25, 0.3) is 6.08 Å². The fraction of sp³-hybridized carbons (Fsp3) is 0.448. The molecule has 2 aromatic carbocycles. The molecule has 7 heteroatoms. The molecule has 2 aromatic rings. The number of fused-ring (bicyclic) bond motifs is 1. The lowest BCUT2D eigenvalue weighted by Gasteiger charge is -2.46. The molecule has 3 atom stereocenters. The van der Waals surface area contributed by atoms with Crippen molar-refractivity contribution in [3.63, 3.8) is 0 Å². The van der Waals surface area contributed by atoms with Crippen LogP contribution in [-0.4, -0.2) is 66.0 Å². The highest BCUT2D eigenvalue weighted by Gasteiger charge is 2.43. The van der Waals surface area contributed by atoms with Crippen LogP contribution in [0.1, 0.15) is 43.7 Å². The van der Waals surface area contributed by atoms with E-state index in [1.54, 1.807) is 23.1 Å². The molecule has 5 rings (SSSR count). The third-order valence-corrected chi connectivity index (χ3v) is 7.66. The van der Waals surface area contributed by atoms with Crippen LogP contribution >= 0.6 is 0 Å². The average molecular weight is 492 g/mol. The van der Waals surface area contributed by atoms with Gasteiger partial charge < -0.3 is 19.4 Å². The Morgan fingerprint density at radius 2 is 1.83 bits per heavy atom. The number of carbonyl (C=O) groups excluding carboxylic acids is 2. The van der Waals surface area contributed by atoms with Crippen LogP contribution in [0.15, 0.2) is 54.3 Å². The topological polar surface area (TPSA) is 53.1 Å². The molecule has 3 aliphatic rings. The number of rotatable bonds is 4. The number of nitrogens with zero attached hydrogens (tertiary/aromatic N) is 3. The Morgan fingerprint density at radius 3 is 2.58 bits per heavy atom. The lowest BCUT2D eigenvalue weighted by Crippen LogP contribution is -2.60. The number of hydrogen-bond donors (Lipinski definition) is 0. The highest BCUT2D eigenvalue weighted by Crippen LogP contribution is 2.33.